The predicted octanol–water partition coefficient (Wildman–Crippen LogP) is 2.28. The Morgan fingerprint density at radius 1 is 1.36 bits per heavy atom. The molecule has 0 aromatic carbocycles. The van der Waals surface area contributed by atoms with Gasteiger partial charge in [0.1, 0.15) is 17.2 Å². The first-order valence-corrected chi connectivity index (χ1v) is 9.39. The molecule has 7 heteroatoms. The first kappa shape index (κ1) is 18.2. The van der Waals surface area contributed by atoms with Gasteiger partial charge in [0.25, 0.3) is 0 Å². The van der Waals surface area contributed by atoms with Crippen LogP contribution in [0.5, 0.6) is 0 Å². The lowest BCUT2D eigenvalue weighted by atomic mass is 10.0. The number of fused-ring (bicyclic) bond motifs is 1. The summed E-state index contributed by atoms with van der Waals surface area (Å²) in [6, 6.07) is 0.782. The number of aryl methyl sites for hydroxylation is 2. The minimum absolute atomic E-state index is 0.189. The molecule has 0 spiro atoms. The Labute approximate surface area is 150 Å². The van der Waals surface area contributed by atoms with Crippen LogP contribution in [0.1, 0.15) is 58.6 Å². The maximum absolute atomic E-state index is 12.5. The van der Waals surface area contributed by atoms with Crippen molar-refractivity contribution in [3.8, 4) is 0 Å². The highest BCUT2D eigenvalue weighted by molar-refractivity contribution is 5.69. The second kappa shape index (κ2) is 6.94. The van der Waals surface area contributed by atoms with Crippen molar-refractivity contribution >= 4 is 6.09 Å². The number of carbonyl (C=O) groups is 1. The molecule has 3 atom stereocenters. The van der Waals surface area contributed by atoms with E-state index in [2.05, 4.69) is 22.3 Å². The van der Waals surface area contributed by atoms with Crippen LogP contribution in [0.3, 0.4) is 0 Å². The molecule has 0 saturated carbocycles. The Morgan fingerprint density at radius 2 is 2.12 bits per heavy atom. The SMILES string of the molecule is Cc1nc2n(n1)C[C@H](N[C@@H](C)[C@H]1CCCN1C(=O)OC(C)(C)C)CC2. The number of likely N-dealkylation sites (tertiary alicyclic amines) is 1. The predicted molar refractivity (Wildman–Crippen MR) is 95.4 cm³/mol. The van der Waals surface area contributed by atoms with E-state index < -0.39 is 5.60 Å². The molecule has 1 aromatic heterocycles. The van der Waals surface area contributed by atoms with Gasteiger partial charge in [0.05, 0.1) is 12.6 Å². The Balaban J connectivity index is 1.59. The molecule has 1 aromatic rings. The van der Waals surface area contributed by atoms with Gasteiger partial charge in [-0.15, -0.1) is 0 Å². The zero-order valence-corrected chi connectivity index (χ0v) is 16.1. The van der Waals surface area contributed by atoms with Crippen LogP contribution in [-0.4, -0.2) is 56.0 Å². The Bertz CT molecular complexity index is 621. The molecule has 1 saturated heterocycles. The van der Waals surface area contributed by atoms with Gasteiger partial charge in [0, 0.05) is 25.0 Å². The fraction of sp³-hybridized carbons (Fsp3) is 0.833. The lowest BCUT2D eigenvalue weighted by Crippen LogP contribution is -2.53. The van der Waals surface area contributed by atoms with Gasteiger partial charge in [-0.05, 0) is 53.9 Å². The van der Waals surface area contributed by atoms with Gasteiger partial charge < -0.3 is 15.0 Å². The molecule has 0 radical (unpaired) electrons. The van der Waals surface area contributed by atoms with E-state index in [4.69, 9.17) is 4.74 Å². The summed E-state index contributed by atoms with van der Waals surface area (Å²) in [5.74, 6) is 1.93. The van der Waals surface area contributed by atoms with E-state index in [0.29, 0.717) is 6.04 Å². The summed E-state index contributed by atoms with van der Waals surface area (Å²) in [7, 11) is 0. The molecule has 1 amide bonds. The van der Waals surface area contributed by atoms with Crippen LogP contribution in [0.4, 0.5) is 4.79 Å². The normalized spacial score (nSPS) is 24.9. The van der Waals surface area contributed by atoms with E-state index in [1.165, 1.54) is 0 Å². The zero-order valence-electron chi connectivity index (χ0n) is 16.1. The smallest absolute Gasteiger partial charge is 0.410 e. The lowest BCUT2D eigenvalue weighted by Gasteiger charge is -2.35. The van der Waals surface area contributed by atoms with Gasteiger partial charge in [-0.25, -0.2) is 14.5 Å². The highest BCUT2D eigenvalue weighted by Crippen LogP contribution is 2.24. The van der Waals surface area contributed by atoms with Crippen molar-refractivity contribution in [2.45, 2.75) is 90.6 Å². The molecule has 3 rings (SSSR count). The Kier molecular flexibility index (Phi) is 5.04. The van der Waals surface area contributed by atoms with Crippen molar-refractivity contribution in [2.24, 2.45) is 0 Å². The summed E-state index contributed by atoms with van der Waals surface area (Å²) in [6.07, 6.45) is 3.87. The number of nitrogens with zero attached hydrogens (tertiary/aromatic N) is 4. The van der Waals surface area contributed by atoms with Gasteiger partial charge in [-0.2, -0.15) is 5.10 Å². The van der Waals surface area contributed by atoms with Gasteiger partial charge in [-0.1, -0.05) is 0 Å². The standard InChI is InChI=1S/C18H31N5O2/c1-12(15-7-6-10-22(15)17(24)25-18(3,4)5)19-14-8-9-16-20-13(2)21-23(16)11-14/h12,14-15,19H,6-11H2,1-5H3/t12-,14+,15+/m0/s1. The van der Waals surface area contributed by atoms with Crippen LogP contribution in [0.25, 0.3) is 0 Å². The van der Waals surface area contributed by atoms with Gasteiger partial charge in [0.2, 0.25) is 0 Å². The highest BCUT2D eigenvalue weighted by atomic mass is 16.6. The summed E-state index contributed by atoms with van der Waals surface area (Å²) in [4.78, 5) is 18.9. The minimum atomic E-state index is -0.453. The average molecular weight is 349 g/mol. The number of nitrogens with one attached hydrogen (secondary N) is 1. The minimum Gasteiger partial charge on any atom is -0.444 e. The second-order valence-corrected chi connectivity index (χ2v) is 8.33. The summed E-state index contributed by atoms with van der Waals surface area (Å²) in [5.41, 5.74) is -0.453. The molecular formula is C18H31N5O2. The molecule has 25 heavy (non-hydrogen) atoms. The first-order chi connectivity index (χ1) is 11.7. The Morgan fingerprint density at radius 3 is 2.84 bits per heavy atom. The highest BCUT2D eigenvalue weighted by Gasteiger charge is 2.36. The maximum Gasteiger partial charge on any atom is 0.410 e. The molecule has 2 aliphatic rings. The topological polar surface area (TPSA) is 72.3 Å². The number of carbonyl (C=O) groups excluding carboxylic acids is 1. The molecule has 2 aliphatic heterocycles. The third kappa shape index (κ3) is 4.32. The quantitative estimate of drug-likeness (QED) is 0.906. The van der Waals surface area contributed by atoms with Gasteiger partial charge >= 0.3 is 6.09 Å². The van der Waals surface area contributed by atoms with Gasteiger partial charge in [-0.3, -0.25) is 0 Å². The van der Waals surface area contributed by atoms with E-state index in [0.717, 1.165) is 50.4 Å². The zero-order chi connectivity index (χ0) is 18.2. The van der Waals surface area contributed by atoms with Crippen molar-refractivity contribution in [1.29, 1.82) is 0 Å². The van der Waals surface area contributed by atoms with Crippen LogP contribution in [0.15, 0.2) is 0 Å². The van der Waals surface area contributed by atoms with Crippen LogP contribution in [0, 0.1) is 6.92 Å². The van der Waals surface area contributed by atoms with Crippen molar-refractivity contribution in [2.75, 3.05) is 6.54 Å². The summed E-state index contributed by atoms with van der Waals surface area (Å²) < 4.78 is 7.60. The van der Waals surface area contributed by atoms with Crippen LogP contribution in [0.2, 0.25) is 0 Å². The molecule has 140 valence electrons. The first-order valence-electron chi connectivity index (χ1n) is 9.39. The molecule has 0 aliphatic carbocycles. The second-order valence-electron chi connectivity index (χ2n) is 8.33. The van der Waals surface area contributed by atoms with Crippen molar-refractivity contribution < 1.29 is 9.53 Å². The number of rotatable bonds is 3. The molecule has 0 unspecified atom stereocenters. The van der Waals surface area contributed by atoms with Crippen LogP contribution in [-0.2, 0) is 17.7 Å². The third-order valence-electron chi connectivity index (χ3n) is 4.97. The van der Waals surface area contributed by atoms with Crippen LogP contribution >= 0.6 is 0 Å². The van der Waals surface area contributed by atoms with E-state index in [1.807, 2.05) is 37.3 Å². The average Bonchev–Trinajstić information content (AvgIpc) is 3.10. The molecule has 3 heterocycles. The number of hydrogen-bond donors (Lipinski definition) is 1. The summed E-state index contributed by atoms with van der Waals surface area (Å²) in [5, 5.41) is 8.19. The number of amides is 1. The molecule has 1 fully saturated rings. The fourth-order valence-corrected chi connectivity index (χ4v) is 3.91. The summed E-state index contributed by atoms with van der Waals surface area (Å²) in [6.45, 7) is 11.5. The molecule has 0 bridgehead atoms. The molecular weight excluding hydrogens is 318 g/mol. The Hall–Kier alpha value is -1.63. The monoisotopic (exact) mass is 349 g/mol. The van der Waals surface area contributed by atoms with E-state index in [9.17, 15) is 4.79 Å². The maximum atomic E-state index is 12.5. The number of ether oxygens (including phenoxy) is 1. The van der Waals surface area contributed by atoms with Crippen molar-refractivity contribution in [3.63, 3.8) is 0 Å². The lowest BCUT2D eigenvalue weighted by molar-refractivity contribution is 0.0195. The molecule has 7 nitrogen and oxygen atoms in total. The molecule has 1 N–H and O–H groups in total. The van der Waals surface area contributed by atoms with Crippen molar-refractivity contribution in [1.82, 2.24) is 25.0 Å². The largest absolute Gasteiger partial charge is 0.444 e. The van der Waals surface area contributed by atoms with E-state index >= 15 is 0 Å². The van der Waals surface area contributed by atoms with Crippen LogP contribution < -0.4 is 5.32 Å². The third-order valence-corrected chi connectivity index (χ3v) is 4.97. The summed E-state index contributed by atoms with van der Waals surface area (Å²) >= 11 is 0. The number of aromatic nitrogens is 3. The fourth-order valence-electron chi connectivity index (χ4n) is 3.91. The van der Waals surface area contributed by atoms with E-state index in [1.54, 1.807) is 0 Å². The number of hydrogen-bond acceptors (Lipinski definition) is 5. The van der Waals surface area contributed by atoms with E-state index in [-0.39, 0.29) is 18.2 Å². The van der Waals surface area contributed by atoms with Gasteiger partial charge in [0.15, 0.2) is 0 Å². The van der Waals surface area contributed by atoms with Crippen molar-refractivity contribution in [3.05, 3.63) is 11.6 Å².